The molecule has 0 unspecified atom stereocenters. The summed E-state index contributed by atoms with van der Waals surface area (Å²) in [4.78, 5) is 0. The largest absolute Gasteiger partial charge is 0.494 e. The maximum atomic E-state index is 14.3. The molecule has 128 valence electrons. The molecular formula is C23H23FO. The molecule has 0 atom stereocenters. The van der Waals surface area contributed by atoms with Gasteiger partial charge in [-0.05, 0) is 47.7 Å². The minimum absolute atomic E-state index is 0.261. The van der Waals surface area contributed by atoms with Crippen molar-refractivity contribution < 1.29 is 9.13 Å². The second kappa shape index (κ2) is 7.98. The fourth-order valence-corrected chi connectivity index (χ4v) is 2.98. The van der Waals surface area contributed by atoms with Crippen LogP contribution in [-0.2, 0) is 6.42 Å². The normalized spacial score (nSPS) is 10.7. The molecular weight excluding hydrogens is 311 g/mol. The highest BCUT2D eigenvalue weighted by atomic mass is 19.1. The van der Waals surface area contributed by atoms with E-state index >= 15 is 0 Å². The molecule has 2 heteroatoms. The van der Waals surface area contributed by atoms with Crippen molar-refractivity contribution in [1.82, 2.24) is 0 Å². The lowest BCUT2D eigenvalue weighted by atomic mass is 9.98. The summed E-state index contributed by atoms with van der Waals surface area (Å²) in [6, 6.07) is 21.7. The van der Waals surface area contributed by atoms with Crippen LogP contribution in [0, 0.1) is 5.82 Å². The third kappa shape index (κ3) is 4.08. The van der Waals surface area contributed by atoms with Crippen LogP contribution in [0.4, 0.5) is 4.39 Å². The van der Waals surface area contributed by atoms with E-state index in [1.807, 2.05) is 37.3 Å². The Labute approximate surface area is 149 Å². The quantitative estimate of drug-likeness (QED) is 0.499. The van der Waals surface area contributed by atoms with E-state index in [2.05, 4.69) is 31.2 Å². The summed E-state index contributed by atoms with van der Waals surface area (Å²) in [5.74, 6) is 0.301. The Hall–Kier alpha value is -2.61. The van der Waals surface area contributed by atoms with Crippen LogP contribution >= 0.6 is 0 Å². The molecule has 0 fully saturated rings. The van der Waals surface area contributed by atoms with E-state index < -0.39 is 0 Å². The van der Waals surface area contributed by atoms with E-state index in [1.165, 1.54) is 17.2 Å². The van der Waals surface area contributed by atoms with Crippen molar-refractivity contribution in [2.75, 3.05) is 6.61 Å². The van der Waals surface area contributed by atoms with Crippen molar-refractivity contribution in [3.05, 3.63) is 78.1 Å². The zero-order chi connectivity index (χ0) is 17.6. The zero-order valence-corrected chi connectivity index (χ0v) is 14.8. The number of halogens is 1. The summed E-state index contributed by atoms with van der Waals surface area (Å²) in [6.45, 7) is 4.61. The first-order valence-electron chi connectivity index (χ1n) is 8.83. The average Bonchev–Trinajstić information content (AvgIpc) is 2.63. The van der Waals surface area contributed by atoms with Crippen LogP contribution in [0.25, 0.3) is 22.3 Å². The molecule has 0 aliphatic heterocycles. The summed E-state index contributed by atoms with van der Waals surface area (Å²) >= 11 is 0. The van der Waals surface area contributed by atoms with Crippen molar-refractivity contribution in [3.8, 4) is 28.0 Å². The third-order valence-electron chi connectivity index (χ3n) is 4.27. The Morgan fingerprint density at radius 2 is 1.36 bits per heavy atom. The second-order valence-corrected chi connectivity index (χ2v) is 6.10. The van der Waals surface area contributed by atoms with Crippen molar-refractivity contribution in [1.29, 1.82) is 0 Å². The lowest BCUT2D eigenvalue weighted by Crippen LogP contribution is -1.93. The van der Waals surface area contributed by atoms with Gasteiger partial charge in [-0.15, -0.1) is 0 Å². The van der Waals surface area contributed by atoms with E-state index in [1.54, 1.807) is 6.07 Å². The van der Waals surface area contributed by atoms with Gasteiger partial charge in [0.15, 0.2) is 0 Å². The lowest BCUT2D eigenvalue weighted by Gasteiger charge is -2.09. The van der Waals surface area contributed by atoms with Crippen LogP contribution in [-0.4, -0.2) is 6.61 Å². The van der Waals surface area contributed by atoms with Crippen LogP contribution in [0.15, 0.2) is 66.7 Å². The van der Waals surface area contributed by atoms with Gasteiger partial charge in [-0.3, -0.25) is 0 Å². The van der Waals surface area contributed by atoms with Crippen LogP contribution in [0.3, 0.4) is 0 Å². The van der Waals surface area contributed by atoms with Crippen LogP contribution in [0.2, 0.25) is 0 Å². The monoisotopic (exact) mass is 334 g/mol. The minimum Gasteiger partial charge on any atom is -0.494 e. The highest BCUT2D eigenvalue weighted by Crippen LogP contribution is 2.29. The molecule has 3 aromatic rings. The SMILES string of the molecule is CCCc1ccc(-c2ccc(-c3ccc(OCC)cc3F)cc2)cc1. The summed E-state index contributed by atoms with van der Waals surface area (Å²) < 4.78 is 19.7. The van der Waals surface area contributed by atoms with Gasteiger partial charge in [-0.25, -0.2) is 4.39 Å². The third-order valence-corrected chi connectivity index (χ3v) is 4.27. The van der Waals surface area contributed by atoms with E-state index in [9.17, 15) is 4.39 Å². The molecule has 0 aliphatic carbocycles. The van der Waals surface area contributed by atoms with Gasteiger partial charge in [-0.2, -0.15) is 0 Å². The van der Waals surface area contributed by atoms with E-state index in [0.717, 1.165) is 24.0 Å². The maximum absolute atomic E-state index is 14.3. The predicted octanol–water partition coefficient (Wildman–Crippen LogP) is 6.51. The number of ether oxygens (including phenoxy) is 1. The van der Waals surface area contributed by atoms with E-state index in [-0.39, 0.29) is 5.82 Å². The van der Waals surface area contributed by atoms with Gasteiger partial charge >= 0.3 is 0 Å². The van der Waals surface area contributed by atoms with Crippen LogP contribution in [0.5, 0.6) is 5.75 Å². The molecule has 0 bridgehead atoms. The molecule has 0 saturated heterocycles. The first-order valence-corrected chi connectivity index (χ1v) is 8.83. The highest BCUT2D eigenvalue weighted by Gasteiger charge is 2.07. The summed E-state index contributed by atoms with van der Waals surface area (Å²) in [5, 5.41) is 0. The zero-order valence-electron chi connectivity index (χ0n) is 14.8. The smallest absolute Gasteiger partial charge is 0.134 e. The molecule has 1 nitrogen and oxygen atoms in total. The molecule has 0 amide bonds. The molecule has 3 rings (SSSR count). The van der Waals surface area contributed by atoms with Gasteiger partial charge in [0.25, 0.3) is 0 Å². The Morgan fingerprint density at radius 3 is 1.92 bits per heavy atom. The highest BCUT2D eigenvalue weighted by molar-refractivity contribution is 5.71. The molecule has 0 heterocycles. The predicted molar refractivity (Wildman–Crippen MR) is 102 cm³/mol. The van der Waals surface area contributed by atoms with Crippen molar-refractivity contribution in [2.24, 2.45) is 0 Å². The molecule has 3 aromatic carbocycles. The van der Waals surface area contributed by atoms with Gasteiger partial charge in [0.1, 0.15) is 11.6 Å². The topological polar surface area (TPSA) is 9.23 Å². The molecule has 0 N–H and O–H groups in total. The van der Waals surface area contributed by atoms with E-state index in [4.69, 9.17) is 4.74 Å². The molecule has 25 heavy (non-hydrogen) atoms. The minimum atomic E-state index is -0.261. The van der Waals surface area contributed by atoms with Crippen molar-refractivity contribution in [2.45, 2.75) is 26.7 Å². The fraction of sp³-hybridized carbons (Fsp3) is 0.217. The fourth-order valence-electron chi connectivity index (χ4n) is 2.98. The Kier molecular flexibility index (Phi) is 5.49. The lowest BCUT2D eigenvalue weighted by molar-refractivity contribution is 0.338. The standard InChI is InChI=1S/C23H23FO/c1-3-5-17-6-8-18(9-7-17)19-10-12-20(13-11-19)22-15-14-21(25-4-2)16-23(22)24/h6-16H,3-5H2,1-2H3. The van der Waals surface area contributed by atoms with Gasteiger partial charge in [-0.1, -0.05) is 61.9 Å². The summed E-state index contributed by atoms with van der Waals surface area (Å²) in [5.41, 5.74) is 5.14. The molecule has 0 radical (unpaired) electrons. The number of rotatable bonds is 6. The molecule has 0 spiro atoms. The van der Waals surface area contributed by atoms with Crippen molar-refractivity contribution in [3.63, 3.8) is 0 Å². The summed E-state index contributed by atoms with van der Waals surface area (Å²) in [6.07, 6.45) is 2.26. The van der Waals surface area contributed by atoms with Gasteiger partial charge in [0.05, 0.1) is 6.61 Å². The number of aryl methyl sites for hydroxylation is 1. The Bertz CT molecular complexity index is 820. The number of hydrogen-bond acceptors (Lipinski definition) is 1. The number of benzene rings is 3. The molecule has 0 aromatic heterocycles. The summed E-state index contributed by atoms with van der Waals surface area (Å²) in [7, 11) is 0. The Balaban J connectivity index is 1.82. The molecule has 0 saturated carbocycles. The molecule has 0 aliphatic rings. The van der Waals surface area contributed by atoms with Crippen LogP contribution in [0.1, 0.15) is 25.8 Å². The van der Waals surface area contributed by atoms with Crippen molar-refractivity contribution >= 4 is 0 Å². The van der Waals surface area contributed by atoms with Gasteiger partial charge in [0.2, 0.25) is 0 Å². The first kappa shape index (κ1) is 17.2. The van der Waals surface area contributed by atoms with E-state index in [0.29, 0.717) is 17.9 Å². The van der Waals surface area contributed by atoms with Crippen LogP contribution < -0.4 is 4.74 Å². The van der Waals surface area contributed by atoms with Gasteiger partial charge < -0.3 is 4.74 Å². The Morgan fingerprint density at radius 1 is 0.760 bits per heavy atom. The number of hydrogen-bond donors (Lipinski definition) is 0. The van der Waals surface area contributed by atoms with Gasteiger partial charge in [0, 0.05) is 11.6 Å². The first-order chi connectivity index (χ1) is 12.2. The maximum Gasteiger partial charge on any atom is 0.134 e. The second-order valence-electron chi connectivity index (χ2n) is 6.10. The average molecular weight is 334 g/mol.